The van der Waals surface area contributed by atoms with Crippen molar-refractivity contribution in [2.75, 3.05) is 18.2 Å². The number of thioether (sulfide) groups is 1. The molecule has 1 saturated carbocycles. The molecule has 0 bridgehead atoms. The molecule has 0 radical (unpaired) electrons. The molecule has 14 heteroatoms. The molecule has 0 spiro atoms. The molecule has 1 heterocycles. The van der Waals surface area contributed by atoms with Crippen LogP contribution in [-0.4, -0.2) is 53.9 Å². The van der Waals surface area contributed by atoms with Crippen molar-refractivity contribution in [1.29, 1.82) is 0 Å². The average Bonchev–Trinajstić information content (AvgIpc) is 3.02. The zero-order valence-corrected chi connectivity index (χ0v) is 19.9. The summed E-state index contributed by atoms with van der Waals surface area (Å²) >= 11 is 7.52. The van der Waals surface area contributed by atoms with E-state index in [0.717, 1.165) is 18.0 Å². The minimum absolute atomic E-state index is 0.169. The van der Waals surface area contributed by atoms with Crippen LogP contribution < -0.4 is 10.0 Å². The SMILES string of the molecule is CCSc1nnc(CNc2ccc(Cl)cc2S(=O)(=O)NC2CC(OC)(C(F)(F)F)C2)n1C. The van der Waals surface area contributed by atoms with Gasteiger partial charge in [0.05, 0.1) is 12.2 Å². The van der Waals surface area contributed by atoms with Crippen molar-refractivity contribution in [2.45, 2.75) is 54.2 Å². The maximum Gasteiger partial charge on any atom is 0.417 e. The second-order valence-corrected chi connectivity index (χ2v) is 10.7. The van der Waals surface area contributed by atoms with Crippen molar-refractivity contribution >= 4 is 39.1 Å². The highest BCUT2D eigenvalue weighted by molar-refractivity contribution is 7.99. The Balaban J connectivity index is 1.76. The lowest BCUT2D eigenvalue weighted by Crippen LogP contribution is -2.63. The summed E-state index contributed by atoms with van der Waals surface area (Å²) in [6.07, 6.45) is -5.60. The van der Waals surface area contributed by atoms with Gasteiger partial charge in [0.1, 0.15) is 4.90 Å². The zero-order valence-electron chi connectivity index (χ0n) is 17.5. The van der Waals surface area contributed by atoms with E-state index in [1.165, 1.54) is 30.0 Å². The van der Waals surface area contributed by atoms with Crippen LogP contribution in [0, 0.1) is 0 Å². The molecular formula is C18H23ClF3N5O3S2. The summed E-state index contributed by atoms with van der Waals surface area (Å²) in [5, 5.41) is 12.1. The number of anilines is 1. The molecule has 0 aliphatic heterocycles. The lowest BCUT2D eigenvalue weighted by molar-refractivity contribution is -0.300. The van der Waals surface area contributed by atoms with Gasteiger partial charge in [-0.15, -0.1) is 10.2 Å². The summed E-state index contributed by atoms with van der Waals surface area (Å²) in [6, 6.07) is 3.33. The van der Waals surface area contributed by atoms with Gasteiger partial charge in [-0.1, -0.05) is 30.3 Å². The molecule has 1 fully saturated rings. The molecule has 2 aromatic rings. The zero-order chi connectivity index (χ0) is 23.7. The third kappa shape index (κ3) is 5.01. The molecule has 0 saturated heterocycles. The molecule has 0 amide bonds. The topological polar surface area (TPSA) is 98.1 Å². The number of hydrogen-bond donors (Lipinski definition) is 2. The van der Waals surface area contributed by atoms with Crippen LogP contribution in [0.2, 0.25) is 5.02 Å². The Hall–Kier alpha value is -1.54. The van der Waals surface area contributed by atoms with Crippen LogP contribution in [0.15, 0.2) is 28.3 Å². The Labute approximate surface area is 193 Å². The van der Waals surface area contributed by atoms with E-state index in [0.29, 0.717) is 5.82 Å². The van der Waals surface area contributed by atoms with E-state index >= 15 is 0 Å². The maximum absolute atomic E-state index is 13.2. The number of benzene rings is 1. The molecule has 8 nitrogen and oxygen atoms in total. The van der Waals surface area contributed by atoms with Crippen molar-refractivity contribution < 1.29 is 26.3 Å². The third-order valence-corrected chi connectivity index (χ3v) is 7.95. The highest BCUT2D eigenvalue weighted by Gasteiger charge is 2.63. The quantitative estimate of drug-likeness (QED) is 0.494. The van der Waals surface area contributed by atoms with E-state index in [1.807, 2.05) is 6.92 Å². The Kier molecular flexibility index (Phi) is 7.35. The summed E-state index contributed by atoms with van der Waals surface area (Å²) in [6.45, 7) is 2.17. The number of alkyl halides is 3. The van der Waals surface area contributed by atoms with Crippen LogP contribution in [-0.2, 0) is 28.4 Å². The molecular weight excluding hydrogens is 491 g/mol. The van der Waals surface area contributed by atoms with E-state index in [2.05, 4.69) is 25.0 Å². The van der Waals surface area contributed by atoms with Gasteiger partial charge in [-0.25, -0.2) is 13.1 Å². The molecule has 1 aromatic carbocycles. The number of nitrogens with zero attached hydrogens (tertiary/aromatic N) is 3. The van der Waals surface area contributed by atoms with E-state index in [-0.39, 0.29) is 22.2 Å². The summed E-state index contributed by atoms with van der Waals surface area (Å²) < 4.78 is 74.3. The molecule has 0 unspecified atom stereocenters. The molecule has 0 atom stereocenters. The van der Waals surface area contributed by atoms with Gasteiger partial charge in [-0.3, -0.25) is 0 Å². The number of methoxy groups -OCH3 is 1. The predicted molar refractivity (Wildman–Crippen MR) is 115 cm³/mol. The standard InChI is InChI=1S/C18H23ClF3N5O3S2/c1-4-31-16-25-24-15(27(16)2)10-23-13-6-5-11(19)7-14(13)32(28,29)26-12-8-17(9-12,30-3)18(20,21)22/h5-7,12,23,26H,4,8-10H2,1-3H3. The van der Waals surface area contributed by atoms with Crippen molar-refractivity contribution in [3.05, 3.63) is 29.0 Å². The normalized spacial score (nSPS) is 21.4. The Bertz CT molecular complexity index is 1070. The smallest absolute Gasteiger partial charge is 0.377 e. The van der Waals surface area contributed by atoms with Gasteiger partial charge in [0.2, 0.25) is 10.0 Å². The molecule has 3 rings (SSSR count). The summed E-state index contributed by atoms with van der Waals surface area (Å²) in [5.41, 5.74) is -2.10. The fraction of sp³-hybridized carbons (Fsp3) is 0.556. The van der Waals surface area contributed by atoms with Crippen LogP contribution in [0.4, 0.5) is 18.9 Å². The number of nitrogens with one attached hydrogen (secondary N) is 2. The van der Waals surface area contributed by atoms with Gasteiger partial charge < -0.3 is 14.6 Å². The number of hydrogen-bond acceptors (Lipinski definition) is 7. The van der Waals surface area contributed by atoms with Crippen molar-refractivity contribution in [3.8, 4) is 0 Å². The minimum Gasteiger partial charge on any atom is -0.377 e. The predicted octanol–water partition coefficient (Wildman–Crippen LogP) is 3.58. The average molecular weight is 514 g/mol. The van der Waals surface area contributed by atoms with Crippen molar-refractivity contribution in [2.24, 2.45) is 7.05 Å². The lowest BCUT2D eigenvalue weighted by Gasteiger charge is -2.47. The summed E-state index contributed by atoms with van der Waals surface area (Å²) in [5.74, 6) is 1.41. The first-order valence-corrected chi connectivity index (χ1v) is 12.5. The van der Waals surface area contributed by atoms with E-state index in [9.17, 15) is 21.6 Å². The van der Waals surface area contributed by atoms with Crippen molar-refractivity contribution in [3.63, 3.8) is 0 Å². The second kappa shape index (κ2) is 9.37. The monoisotopic (exact) mass is 513 g/mol. The molecule has 178 valence electrons. The number of aromatic nitrogens is 3. The van der Waals surface area contributed by atoms with Gasteiger partial charge >= 0.3 is 6.18 Å². The van der Waals surface area contributed by atoms with Gasteiger partial charge in [-0.05, 0) is 24.0 Å². The maximum atomic E-state index is 13.2. The van der Waals surface area contributed by atoms with Crippen molar-refractivity contribution in [1.82, 2.24) is 19.5 Å². The number of ether oxygens (including phenoxy) is 1. The fourth-order valence-corrected chi connectivity index (χ4v) is 5.75. The van der Waals surface area contributed by atoms with Gasteiger partial charge in [0.15, 0.2) is 16.6 Å². The van der Waals surface area contributed by atoms with Gasteiger partial charge in [-0.2, -0.15) is 13.2 Å². The second-order valence-electron chi connectivity index (χ2n) is 7.31. The molecule has 1 aromatic heterocycles. The van der Waals surface area contributed by atoms with Crippen LogP contribution >= 0.6 is 23.4 Å². The Morgan fingerprint density at radius 3 is 2.62 bits per heavy atom. The first kappa shape index (κ1) is 25.1. The molecule has 32 heavy (non-hydrogen) atoms. The van der Waals surface area contributed by atoms with E-state index < -0.39 is 40.7 Å². The molecule has 1 aliphatic carbocycles. The summed E-state index contributed by atoms with van der Waals surface area (Å²) in [4.78, 5) is -0.169. The minimum atomic E-state index is -4.59. The van der Waals surface area contributed by atoms with Crippen LogP contribution in [0.3, 0.4) is 0 Å². The largest absolute Gasteiger partial charge is 0.417 e. The van der Waals surface area contributed by atoms with Crippen LogP contribution in [0.1, 0.15) is 25.6 Å². The first-order valence-electron chi connectivity index (χ1n) is 9.61. The number of halogens is 4. The lowest BCUT2D eigenvalue weighted by atomic mass is 9.75. The summed E-state index contributed by atoms with van der Waals surface area (Å²) in [7, 11) is -1.39. The van der Waals surface area contributed by atoms with Gasteiger partial charge in [0.25, 0.3) is 0 Å². The van der Waals surface area contributed by atoms with E-state index in [1.54, 1.807) is 11.6 Å². The highest BCUT2D eigenvalue weighted by Crippen LogP contribution is 2.48. The van der Waals surface area contributed by atoms with Crippen LogP contribution in [0.5, 0.6) is 0 Å². The third-order valence-electron chi connectivity index (χ3n) is 5.25. The van der Waals surface area contributed by atoms with Gasteiger partial charge in [0, 0.05) is 38.1 Å². The molecule has 1 aliphatic rings. The van der Waals surface area contributed by atoms with Crippen LogP contribution in [0.25, 0.3) is 0 Å². The number of rotatable bonds is 9. The highest BCUT2D eigenvalue weighted by atomic mass is 35.5. The Morgan fingerprint density at radius 1 is 1.34 bits per heavy atom. The first-order chi connectivity index (χ1) is 14.9. The Morgan fingerprint density at radius 2 is 2.03 bits per heavy atom. The molecule has 2 N–H and O–H groups in total. The fourth-order valence-electron chi connectivity index (χ4n) is 3.41. The van der Waals surface area contributed by atoms with E-state index in [4.69, 9.17) is 11.6 Å². The number of sulfonamides is 1.